The molecule has 36 heavy (non-hydrogen) atoms. The molecule has 0 aliphatic carbocycles. The molecule has 194 valence electrons. The van der Waals surface area contributed by atoms with Crippen molar-refractivity contribution in [2.45, 2.75) is 64.7 Å². The van der Waals surface area contributed by atoms with Crippen LogP contribution in [0.15, 0.2) is 48.7 Å². The number of ether oxygens (including phenoxy) is 1. The molecule has 0 aliphatic heterocycles. The third-order valence-corrected chi connectivity index (χ3v) is 6.25. The molecule has 2 aromatic carbocycles. The normalized spacial score (nSPS) is 13.0. The quantitative estimate of drug-likeness (QED) is 0.289. The zero-order valence-corrected chi connectivity index (χ0v) is 22.2. The summed E-state index contributed by atoms with van der Waals surface area (Å²) in [4.78, 5) is 17.8. The van der Waals surface area contributed by atoms with Crippen LogP contribution in [0.1, 0.15) is 68.2 Å². The van der Waals surface area contributed by atoms with Crippen LogP contribution in [0.3, 0.4) is 0 Å². The second kappa shape index (κ2) is 12.4. The highest BCUT2D eigenvalue weighted by atomic mass is 35.5. The molecule has 0 spiro atoms. The van der Waals surface area contributed by atoms with Crippen molar-refractivity contribution in [3.8, 4) is 17.0 Å². The summed E-state index contributed by atoms with van der Waals surface area (Å²) in [5.41, 5.74) is 0.912. The van der Waals surface area contributed by atoms with Crippen molar-refractivity contribution in [3.63, 3.8) is 0 Å². The number of hydrogen-bond donors (Lipinski definition) is 3. The molecule has 1 heterocycles. The summed E-state index contributed by atoms with van der Waals surface area (Å²) >= 11 is 6.30. The van der Waals surface area contributed by atoms with E-state index in [4.69, 9.17) is 21.3 Å². The summed E-state index contributed by atoms with van der Waals surface area (Å²) in [5, 5.41) is 23.9. The second-order valence-corrected chi connectivity index (χ2v) is 9.69. The van der Waals surface area contributed by atoms with Gasteiger partial charge in [-0.05, 0) is 44.9 Å². The van der Waals surface area contributed by atoms with Crippen molar-refractivity contribution in [2.75, 3.05) is 6.61 Å². The van der Waals surface area contributed by atoms with Gasteiger partial charge in [0.1, 0.15) is 11.6 Å². The molecule has 3 rings (SSSR count). The first kappa shape index (κ1) is 27.7. The van der Waals surface area contributed by atoms with Gasteiger partial charge in [-0.2, -0.15) is 0 Å². The molecule has 0 radical (unpaired) electrons. The Morgan fingerprint density at radius 3 is 2.53 bits per heavy atom. The van der Waals surface area contributed by atoms with Gasteiger partial charge in [-0.3, -0.25) is 4.79 Å². The molecule has 0 fully saturated rings. The number of carbonyl (C=O) groups is 1. The van der Waals surface area contributed by atoms with E-state index in [2.05, 4.69) is 12.2 Å². The van der Waals surface area contributed by atoms with Gasteiger partial charge in [0.2, 0.25) is 0 Å². The molecule has 0 bridgehead atoms. The topological polar surface area (TPSA) is 96.6 Å². The maximum Gasteiger partial charge on any atom is 0.253 e. The van der Waals surface area contributed by atoms with Gasteiger partial charge in [-0.25, -0.2) is 4.98 Å². The van der Waals surface area contributed by atoms with Gasteiger partial charge in [0, 0.05) is 49.4 Å². The van der Waals surface area contributed by atoms with E-state index in [1.807, 2.05) is 43.8 Å². The first-order valence-electron chi connectivity index (χ1n) is 12.4. The van der Waals surface area contributed by atoms with Gasteiger partial charge in [-0.1, -0.05) is 49.2 Å². The molecule has 1 unspecified atom stereocenters. The lowest BCUT2D eigenvalue weighted by Gasteiger charge is -2.30. The highest BCUT2D eigenvalue weighted by Gasteiger charge is 2.31. The molecule has 1 atom stereocenters. The average molecular weight is 514 g/mol. The predicted octanol–water partition coefficient (Wildman–Crippen LogP) is 5.22. The predicted molar refractivity (Wildman–Crippen MR) is 142 cm³/mol. The Balaban J connectivity index is 1.82. The lowest BCUT2D eigenvalue weighted by molar-refractivity contribution is -0.00887. The van der Waals surface area contributed by atoms with Gasteiger partial charge in [0.05, 0.1) is 16.8 Å². The molecular formula is C28H36ClN3O4. The van der Waals surface area contributed by atoms with Crippen LogP contribution in [0, 0.1) is 0 Å². The standard InChI is InChI=1S/C28H36ClN3O4/c1-5-6-8-26-30-24(18-32(26)4)20-9-12-22(13-10-20)28(35,15-7-16-33)31-27(34)21-11-14-25(23(29)17-21)36-19(2)3/h9-14,17-19,33,35H,5-8,15-16H2,1-4H3,(H,31,34). The number of aliphatic hydroxyl groups is 2. The molecule has 3 N–H and O–H groups in total. The molecule has 7 nitrogen and oxygen atoms in total. The Morgan fingerprint density at radius 2 is 1.92 bits per heavy atom. The summed E-state index contributed by atoms with van der Waals surface area (Å²) in [6, 6.07) is 12.1. The van der Waals surface area contributed by atoms with E-state index in [0.29, 0.717) is 28.3 Å². The molecule has 1 aromatic heterocycles. The number of unbranched alkanes of at least 4 members (excludes halogenated alkanes) is 1. The molecule has 3 aromatic rings. The molecular weight excluding hydrogens is 478 g/mol. The van der Waals surface area contributed by atoms with E-state index in [1.165, 1.54) is 6.07 Å². The van der Waals surface area contributed by atoms with Crippen molar-refractivity contribution in [3.05, 3.63) is 70.6 Å². The molecule has 0 aliphatic rings. The molecule has 8 heteroatoms. The van der Waals surface area contributed by atoms with E-state index in [1.54, 1.807) is 24.3 Å². The lowest BCUT2D eigenvalue weighted by atomic mass is 9.95. The Hall–Kier alpha value is -2.87. The number of aliphatic hydroxyl groups excluding tert-OH is 1. The number of aryl methyl sites for hydroxylation is 2. The van der Waals surface area contributed by atoms with E-state index in [9.17, 15) is 15.0 Å². The van der Waals surface area contributed by atoms with Gasteiger partial charge >= 0.3 is 0 Å². The van der Waals surface area contributed by atoms with Crippen LogP contribution in [0.25, 0.3) is 11.3 Å². The van der Waals surface area contributed by atoms with Crippen LogP contribution in [-0.4, -0.2) is 38.4 Å². The fraction of sp³-hybridized carbons (Fsp3) is 0.429. The number of hydrogen-bond acceptors (Lipinski definition) is 5. The summed E-state index contributed by atoms with van der Waals surface area (Å²) < 4.78 is 7.67. The van der Waals surface area contributed by atoms with Crippen LogP contribution in [0.2, 0.25) is 5.02 Å². The molecule has 0 saturated carbocycles. The largest absolute Gasteiger partial charge is 0.489 e. The van der Waals surface area contributed by atoms with E-state index in [0.717, 1.165) is 36.3 Å². The van der Waals surface area contributed by atoms with Crippen LogP contribution < -0.4 is 10.1 Å². The van der Waals surface area contributed by atoms with Crippen molar-refractivity contribution < 1.29 is 19.7 Å². The fourth-order valence-electron chi connectivity index (χ4n) is 3.99. The number of carbonyl (C=O) groups excluding carboxylic acids is 1. The highest BCUT2D eigenvalue weighted by molar-refractivity contribution is 6.32. The van der Waals surface area contributed by atoms with Crippen LogP contribution in [-0.2, 0) is 19.2 Å². The van der Waals surface area contributed by atoms with Crippen molar-refractivity contribution >= 4 is 17.5 Å². The Bertz CT molecular complexity index is 1160. The minimum absolute atomic E-state index is 0.0530. The van der Waals surface area contributed by atoms with Crippen LogP contribution >= 0.6 is 11.6 Å². The Morgan fingerprint density at radius 1 is 1.19 bits per heavy atom. The highest BCUT2D eigenvalue weighted by Crippen LogP contribution is 2.30. The Kier molecular flexibility index (Phi) is 9.54. The van der Waals surface area contributed by atoms with Gasteiger partial charge in [-0.15, -0.1) is 0 Å². The number of halogens is 1. The van der Waals surface area contributed by atoms with Gasteiger partial charge in [0.15, 0.2) is 5.72 Å². The maximum absolute atomic E-state index is 13.1. The maximum atomic E-state index is 13.1. The van der Waals surface area contributed by atoms with E-state index >= 15 is 0 Å². The van der Waals surface area contributed by atoms with E-state index < -0.39 is 11.6 Å². The smallest absolute Gasteiger partial charge is 0.253 e. The zero-order chi connectivity index (χ0) is 26.3. The third kappa shape index (κ3) is 6.87. The first-order chi connectivity index (χ1) is 17.2. The van der Waals surface area contributed by atoms with Crippen LogP contribution in [0.4, 0.5) is 0 Å². The molecule has 1 amide bonds. The van der Waals surface area contributed by atoms with Gasteiger partial charge < -0.3 is 24.8 Å². The fourth-order valence-corrected chi connectivity index (χ4v) is 4.22. The average Bonchev–Trinajstić information content (AvgIpc) is 3.22. The minimum Gasteiger partial charge on any atom is -0.489 e. The summed E-state index contributed by atoms with van der Waals surface area (Å²) in [6.07, 6.45) is 5.50. The number of amides is 1. The lowest BCUT2D eigenvalue weighted by Crippen LogP contribution is -2.46. The zero-order valence-electron chi connectivity index (χ0n) is 21.4. The SMILES string of the molecule is CCCCc1nc(-c2ccc(C(O)(CCCO)NC(=O)c3ccc(OC(C)C)c(Cl)c3)cc2)cn1C. The number of benzene rings is 2. The minimum atomic E-state index is -1.67. The van der Waals surface area contributed by atoms with Crippen LogP contribution in [0.5, 0.6) is 5.75 Å². The monoisotopic (exact) mass is 513 g/mol. The van der Waals surface area contributed by atoms with Gasteiger partial charge in [0.25, 0.3) is 5.91 Å². The van der Waals surface area contributed by atoms with Crippen molar-refractivity contribution in [1.29, 1.82) is 0 Å². The van der Waals surface area contributed by atoms with Crippen molar-refractivity contribution in [1.82, 2.24) is 14.9 Å². The summed E-state index contributed by atoms with van der Waals surface area (Å²) in [5.74, 6) is 1.04. The van der Waals surface area contributed by atoms with Crippen molar-refractivity contribution in [2.24, 2.45) is 7.05 Å². The summed E-state index contributed by atoms with van der Waals surface area (Å²) in [7, 11) is 1.99. The Labute approximate surface area is 218 Å². The van der Waals surface area contributed by atoms with E-state index in [-0.39, 0.29) is 19.1 Å². The number of nitrogens with zero attached hydrogens (tertiary/aromatic N) is 2. The summed E-state index contributed by atoms with van der Waals surface area (Å²) in [6.45, 7) is 5.83. The molecule has 0 saturated heterocycles. The number of aromatic nitrogens is 2. The number of nitrogens with one attached hydrogen (secondary N) is 1. The third-order valence-electron chi connectivity index (χ3n) is 5.96. The number of rotatable bonds is 12. The second-order valence-electron chi connectivity index (χ2n) is 9.29. The number of imidazole rings is 1. The first-order valence-corrected chi connectivity index (χ1v) is 12.8.